The third-order valence-corrected chi connectivity index (χ3v) is 1.85. The predicted octanol–water partition coefficient (Wildman–Crippen LogP) is 2.48. The van der Waals surface area contributed by atoms with Crippen LogP contribution in [0.1, 0.15) is 33.1 Å². The maximum absolute atomic E-state index is 6.89. The highest BCUT2D eigenvalue weighted by Gasteiger charge is 2.50. The first-order chi connectivity index (χ1) is 4.18. The molecule has 0 bridgehead atoms. The van der Waals surface area contributed by atoms with Gasteiger partial charge in [0.25, 0.3) is 0 Å². The Morgan fingerprint density at radius 1 is 1.56 bits per heavy atom. The van der Waals surface area contributed by atoms with Crippen molar-refractivity contribution in [1.82, 2.24) is 0 Å². The number of nitrogens with zero attached hydrogens (tertiary/aromatic N) is 1. The summed E-state index contributed by atoms with van der Waals surface area (Å²) in [5.74, 6) is 0.696. The smallest absolute Gasteiger partial charge is 0.233 e. The number of hydrogen-bond acceptors (Lipinski definition) is 0. The van der Waals surface area contributed by atoms with E-state index in [9.17, 15) is 0 Å². The van der Waals surface area contributed by atoms with Gasteiger partial charge in [0.2, 0.25) is 5.54 Å². The van der Waals surface area contributed by atoms with E-state index in [0.717, 1.165) is 19.3 Å². The average Bonchev–Trinajstić information content (AvgIpc) is 2.48. The zero-order valence-corrected chi connectivity index (χ0v) is 6.15. The lowest BCUT2D eigenvalue weighted by Crippen LogP contribution is -2.05. The van der Waals surface area contributed by atoms with Crippen molar-refractivity contribution in [1.29, 1.82) is 0 Å². The van der Waals surface area contributed by atoms with Crippen molar-refractivity contribution in [2.75, 3.05) is 0 Å². The van der Waals surface area contributed by atoms with Gasteiger partial charge in [-0.1, -0.05) is 13.8 Å². The second kappa shape index (κ2) is 2.02. The van der Waals surface area contributed by atoms with E-state index in [2.05, 4.69) is 18.7 Å². The van der Waals surface area contributed by atoms with Crippen LogP contribution < -0.4 is 0 Å². The molecule has 1 fully saturated rings. The van der Waals surface area contributed by atoms with Crippen LogP contribution in [-0.2, 0) is 0 Å². The third kappa shape index (κ3) is 1.45. The highest BCUT2D eigenvalue weighted by Crippen LogP contribution is 2.44. The average molecular weight is 123 g/mol. The second-order valence-electron chi connectivity index (χ2n) is 3.43. The Morgan fingerprint density at radius 2 is 2.11 bits per heavy atom. The Kier molecular flexibility index (Phi) is 1.48. The van der Waals surface area contributed by atoms with Gasteiger partial charge in [-0.2, -0.15) is 0 Å². The zero-order chi connectivity index (χ0) is 6.91. The molecule has 1 heteroatoms. The predicted molar refractivity (Wildman–Crippen MR) is 38.0 cm³/mol. The molecule has 1 saturated carbocycles. The molecule has 1 rings (SSSR count). The van der Waals surface area contributed by atoms with Gasteiger partial charge in [-0.05, 0) is 5.92 Å². The molecule has 0 aromatic heterocycles. The third-order valence-electron chi connectivity index (χ3n) is 1.85. The molecule has 9 heavy (non-hydrogen) atoms. The molecule has 50 valence electrons. The van der Waals surface area contributed by atoms with Crippen LogP contribution in [0.2, 0.25) is 0 Å². The topological polar surface area (TPSA) is 4.36 Å². The summed E-state index contributed by atoms with van der Waals surface area (Å²) < 4.78 is 0. The molecule has 0 unspecified atom stereocenters. The molecule has 0 radical (unpaired) electrons. The van der Waals surface area contributed by atoms with Crippen molar-refractivity contribution < 1.29 is 0 Å². The molecule has 0 amide bonds. The van der Waals surface area contributed by atoms with Gasteiger partial charge in [0.15, 0.2) is 0 Å². The molecule has 1 aliphatic carbocycles. The fourth-order valence-corrected chi connectivity index (χ4v) is 1.27. The molecule has 0 saturated heterocycles. The lowest BCUT2D eigenvalue weighted by molar-refractivity contribution is 0.528. The van der Waals surface area contributed by atoms with E-state index in [0.29, 0.717) is 5.92 Å². The fraction of sp³-hybridized carbons (Fsp3) is 0.875. The second-order valence-corrected chi connectivity index (χ2v) is 3.43. The minimum absolute atomic E-state index is 0.105. The Morgan fingerprint density at radius 3 is 2.22 bits per heavy atom. The molecule has 0 atom stereocenters. The van der Waals surface area contributed by atoms with Crippen molar-refractivity contribution in [2.24, 2.45) is 5.92 Å². The fourth-order valence-electron chi connectivity index (χ4n) is 1.27. The molecule has 0 aliphatic heterocycles. The van der Waals surface area contributed by atoms with E-state index in [1.165, 1.54) is 0 Å². The van der Waals surface area contributed by atoms with E-state index in [4.69, 9.17) is 6.57 Å². The first kappa shape index (κ1) is 6.61. The lowest BCUT2D eigenvalue weighted by atomic mass is 10.0. The zero-order valence-electron chi connectivity index (χ0n) is 6.15. The lowest BCUT2D eigenvalue weighted by Gasteiger charge is -2.03. The summed E-state index contributed by atoms with van der Waals surface area (Å²) in [5.41, 5.74) is 0.105. The highest BCUT2D eigenvalue weighted by molar-refractivity contribution is 5.11. The summed E-state index contributed by atoms with van der Waals surface area (Å²) in [6.07, 6.45) is 3.40. The Labute approximate surface area is 56.9 Å². The molecule has 0 aromatic carbocycles. The van der Waals surface area contributed by atoms with Crippen LogP contribution in [0.25, 0.3) is 4.85 Å². The molecule has 0 heterocycles. The Bertz CT molecular complexity index is 137. The first-order valence-electron chi connectivity index (χ1n) is 3.57. The van der Waals surface area contributed by atoms with E-state index in [-0.39, 0.29) is 5.54 Å². The Balaban J connectivity index is 2.36. The molecule has 0 aromatic rings. The summed E-state index contributed by atoms with van der Waals surface area (Å²) >= 11 is 0. The largest absolute Gasteiger partial charge is 0.310 e. The molecule has 1 nitrogen and oxygen atoms in total. The van der Waals surface area contributed by atoms with E-state index in [1.54, 1.807) is 0 Å². The molecule has 0 spiro atoms. The van der Waals surface area contributed by atoms with Gasteiger partial charge in [-0.25, -0.2) is 6.57 Å². The molecular formula is C8H13N. The highest BCUT2D eigenvalue weighted by atomic mass is 14.9. The monoisotopic (exact) mass is 123 g/mol. The van der Waals surface area contributed by atoms with Crippen LogP contribution in [0.15, 0.2) is 0 Å². The van der Waals surface area contributed by atoms with Crippen LogP contribution >= 0.6 is 0 Å². The van der Waals surface area contributed by atoms with Gasteiger partial charge in [0, 0.05) is 19.3 Å². The summed E-state index contributed by atoms with van der Waals surface area (Å²) in [4.78, 5) is 3.62. The van der Waals surface area contributed by atoms with Crippen LogP contribution in [0, 0.1) is 12.5 Å². The van der Waals surface area contributed by atoms with E-state index >= 15 is 0 Å². The maximum Gasteiger partial charge on any atom is 0.233 e. The molecular weight excluding hydrogens is 110 g/mol. The van der Waals surface area contributed by atoms with Crippen LogP contribution in [0.4, 0.5) is 0 Å². The van der Waals surface area contributed by atoms with Gasteiger partial charge in [-0.3, -0.25) is 0 Å². The van der Waals surface area contributed by atoms with E-state index in [1.807, 2.05) is 0 Å². The molecule has 1 aliphatic rings. The maximum atomic E-state index is 6.89. The van der Waals surface area contributed by atoms with Crippen molar-refractivity contribution >= 4 is 0 Å². The van der Waals surface area contributed by atoms with Crippen molar-refractivity contribution in [3.63, 3.8) is 0 Å². The summed E-state index contributed by atoms with van der Waals surface area (Å²) in [7, 11) is 0. The summed E-state index contributed by atoms with van der Waals surface area (Å²) in [6.45, 7) is 11.3. The number of hydrogen-bond donors (Lipinski definition) is 0. The first-order valence-corrected chi connectivity index (χ1v) is 3.57. The van der Waals surface area contributed by atoms with Gasteiger partial charge in [0.05, 0.1) is 0 Å². The standard InChI is InChI=1S/C8H13N/c1-7(2)6-8(9-3)4-5-8/h7H,4-6H2,1-2H3. The SMILES string of the molecule is [C-]#[N+]C1(CC(C)C)CC1. The Hall–Kier alpha value is -0.510. The van der Waals surface area contributed by atoms with Crippen LogP contribution in [0.5, 0.6) is 0 Å². The minimum Gasteiger partial charge on any atom is -0.310 e. The van der Waals surface area contributed by atoms with Crippen LogP contribution in [-0.4, -0.2) is 5.54 Å². The quantitative estimate of drug-likeness (QED) is 0.497. The number of rotatable bonds is 2. The summed E-state index contributed by atoms with van der Waals surface area (Å²) in [6, 6.07) is 0. The minimum atomic E-state index is 0.105. The summed E-state index contributed by atoms with van der Waals surface area (Å²) in [5, 5.41) is 0. The van der Waals surface area contributed by atoms with Gasteiger partial charge in [-0.15, -0.1) is 0 Å². The van der Waals surface area contributed by atoms with Crippen molar-refractivity contribution in [3.8, 4) is 0 Å². The normalized spacial score (nSPS) is 21.6. The molecule has 0 N–H and O–H groups in total. The van der Waals surface area contributed by atoms with Crippen molar-refractivity contribution in [2.45, 2.75) is 38.6 Å². The van der Waals surface area contributed by atoms with Crippen molar-refractivity contribution in [3.05, 3.63) is 11.4 Å². The van der Waals surface area contributed by atoms with Gasteiger partial charge < -0.3 is 4.85 Å². The van der Waals surface area contributed by atoms with Gasteiger partial charge in [0.1, 0.15) is 0 Å². The van der Waals surface area contributed by atoms with E-state index < -0.39 is 0 Å². The van der Waals surface area contributed by atoms with Gasteiger partial charge >= 0.3 is 0 Å². The van der Waals surface area contributed by atoms with Crippen LogP contribution in [0.3, 0.4) is 0 Å².